The molecule has 0 atom stereocenters. The van der Waals surface area contributed by atoms with Crippen LogP contribution in [-0.4, -0.2) is 29.9 Å². The first-order chi connectivity index (χ1) is 38.7. The summed E-state index contributed by atoms with van der Waals surface area (Å²) in [5.41, 5.74) is 15.2. The first-order valence-electron chi connectivity index (χ1n) is 26.0. The normalized spacial score (nSPS) is 11.9. The van der Waals surface area contributed by atoms with Crippen molar-refractivity contribution in [3.8, 4) is 44.5 Å². The molecular formula is C72H48N6. The Kier molecular flexibility index (Phi) is 12.9. The van der Waals surface area contributed by atoms with Gasteiger partial charge in [-0.25, -0.2) is 9.97 Å². The van der Waals surface area contributed by atoms with E-state index in [1.807, 2.05) is 49.6 Å². The molecule has 0 aliphatic carbocycles. The Morgan fingerprint density at radius 3 is 0.692 bits per heavy atom. The highest BCUT2D eigenvalue weighted by Gasteiger charge is 2.15. The maximum absolute atomic E-state index is 5.56. The van der Waals surface area contributed by atoms with Crippen molar-refractivity contribution in [2.75, 3.05) is 0 Å². The van der Waals surface area contributed by atoms with Crippen LogP contribution in [0, 0.1) is 0 Å². The predicted molar refractivity (Wildman–Crippen MR) is 326 cm³/mol. The van der Waals surface area contributed by atoms with E-state index in [2.05, 4.69) is 263 Å². The number of fused-ring (bicyclic) bond motifs is 4. The molecule has 0 N–H and O–H groups in total. The Balaban J connectivity index is 1.000. The second-order valence-corrected chi connectivity index (χ2v) is 19.1. The molecule has 0 saturated carbocycles. The Bertz CT molecular complexity index is 3930. The summed E-state index contributed by atoms with van der Waals surface area (Å²) in [7, 11) is 0. The van der Waals surface area contributed by atoms with E-state index >= 15 is 0 Å². The summed E-state index contributed by atoms with van der Waals surface area (Å²) in [6, 6.07) is 68.0. The SMILES string of the molecule is C(=Cc1nc(C=Cc2cnccc2-c2cccc3ccccc23)c(C=Cc2cnccc2-c2cccc3ccccc23)nc1C=Cc1cnccc1-c1cccc2ccccc12)c1cnccc1-c1cccc2ccccc12. The third-order valence-electron chi connectivity index (χ3n) is 14.4. The Morgan fingerprint density at radius 1 is 0.205 bits per heavy atom. The van der Waals surface area contributed by atoms with Gasteiger partial charge in [-0.05, 0) is 136 Å². The van der Waals surface area contributed by atoms with Crippen LogP contribution in [0.3, 0.4) is 0 Å². The van der Waals surface area contributed by atoms with Crippen molar-refractivity contribution in [3.05, 3.63) is 289 Å². The van der Waals surface area contributed by atoms with Gasteiger partial charge in [0, 0.05) is 71.8 Å². The van der Waals surface area contributed by atoms with Gasteiger partial charge in [0.05, 0.1) is 22.8 Å². The fourth-order valence-corrected chi connectivity index (χ4v) is 10.6. The molecule has 13 aromatic rings. The summed E-state index contributed by atoms with van der Waals surface area (Å²) in [5, 5.41) is 9.36. The van der Waals surface area contributed by atoms with E-state index in [1.165, 1.54) is 43.1 Å². The standard InChI is InChI=1S/C72H48N6/c1-5-21-57-49(13-1)17-9-25-65(57)61-37-41-73-45-53(61)29-33-69-70(34-30-54-46-74-42-38-62(54)66-26-10-18-50-14-2-6-22-58(50)66)78-72(36-32-56-48-76-44-40-64(56)68-28-12-20-52-16-4-8-24-60(52)68)71(77-69)35-31-55-47-75-43-39-63(55)67-27-11-19-51-15-3-7-23-59(51)67/h1-48H. The maximum atomic E-state index is 5.56. The van der Waals surface area contributed by atoms with E-state index in [0.717, 1.165) is 66.8 Å². The van der Waals surface area contributed by atoms with Crippen LogP contribution in [0.2, 0.25) is 0 Å². The molecule has 5 aromatic heterocycles. The van der Waals surface area contributed by atoms with E-state index in [1.54, 1.807) is 0 Å². The van der Waals surface area contributed by atoms with E-state index in [4.69, 9.17) is 9.97 Å². The summed E-state index contributed by atoms with van der Waals surface area (Å²) < 4.78 is 0. The van der Waals surface area contributed by atoms with Gasteiger partial charge < -0.3 is 0 Å². The lowest BCUT2D eigenvalue weighted by molar-refractivity contribution is 1.12. The third kappa shape index (κ3) is 9.47. The van der Waals surface area contributed by atoms with Gasteiger partial charge in [-0.2, -0.15) is 0 Å². The topological polar surface area (TPSA) is 77.3 Å². The highest BCUT2D eigenvalue weighted by molar-refractivity contribution is 6.03. The molecule has 366 valence electrons. The molecule has 78 heavy (non-hydrogen) atoms. The summed E-state index contributed by atoms with van der Waals surface area (Å²) in [6.45, 7) is 0. The molecule has 0 amide bonds. The van der Waals surface area contributed by atoms with Crippen LogP contribution in [0.25, 0.3) is 136 Å². The van der Waals surface area contributed by atoms with Crippen molar-refractivity contribution in [2.45, 2.75) is 0 Å². The number of pyridine rings is 4. The number of nitrogens with zero attached hydrogens (tertiary/aromatic N) is 6. The number of hydrogen-bond donors (Lipinski definition) is 0. The molecule has 0 fully saturated rings. The second kappa shape index (κ2) is 21.4. The van der Waals surface area contributed by atoms with Crippen LogP contribution < -0.4 is 0 Å². The number of rotatable bonds is 12. The first-order valence-corrected chi connectivity index (χ1v) is 26.0. The first kappa shape index (κ1) is 47.2. The number of benzene rings is 8. The lowest BCUT2D eigenvalue weighted by atomic mass is 9.95. The van der Waals surface area contributed by atoms with Crippen LogP contribution in [0.4, 0.5) is 0 Å². The molecule has 0 bridgehead atoms. The highest BCUT2D eigenvalue weighted by atomic mass is 14.8. The molecule has 6 nitrogen and oxygen atoms in total. The molecule has 13 rings (SSSR count). The molecular weight excluding hydrogens is 949 g/mol. The fourth-order valence-electron chi connectivity index (χ4n) is 10.6. The van der Waals surface area contributed by atoms with Crippen LogP contribution in [0.1, 0.15) is 45.0 Å². The van der Waals surface area contributed by atoms with E-state index in [-0.39, 0.29) is 0 Å². The summed E-state index contributed by atoms with van der Waals surface area (Å²) in [6.07, 6.45) is 31.7. The summed E-state index contributed by atoms with van der Waals surface area (Å²) in [4.78, 5) is 29.6. The van der Waals surface area contributed by atoms with Gasteiger partial charge in [-0.1, -0.05) is 194 Å². The lowest BCUT2D eigenvalue weighted by Gasteiger charge is -2.12. The molecule has 8 aromatic carbocycles. The van der Waals surface area contributed by atoms with Crippen molar-refractivity contribution in [1.29, 1.82) is 0 Å². The summed E-state index contributed by atoms with van der Waals surface area (Å²) >= 11 is 0. The van der Waals surface area contributed by atoms with Crippen molar-refractivity contribution in [3.63, 3.8) is 0 Å². The van der Waals surface area contributed by atoms with Crippen LogP contribution in [0.5, 0.6) is 0 Å². The molecule has 0 radical (unpaired) electrons. The Morgan fingerprint density at radius 2 is 0.436 bits per heavy atom. The average molecular weight is 997 g/mol. The minimum atomic E-state index is 0.671. The van der Waals surface area contributed by atoms with Gasteiger partial charge in [0.2, 0.25) is 0 Å². The van der Waals surface area contributed by atoms with Crippen LogP contribution in [-0.2, 0) is 0 Å². The zero-order valence-electron chi connectivity index (χ0n) is 42.4. The Labute approximate surface area is 452 Å². The van der Waals surface area contributed by atoms with Crippen LogP contribution in [0.15, 0.2) is 244 Å². The molecule has 6 heteroatoms. The van der Waals surface area contributed by atoms with Gasteiger partial charge in [0.25, 0.3) is 0 Å². The van der Waals surface area contributed by atoms with E-state index < -0.39 is 0 Å². The van der Waals surface area contributed by atoms with Gasteiger partial charge in [0.15, 0.2) is 0 Å². The minimum absolute atomic E-state index is 0.671. The second-order valence-electron chi connectivity index (χ2n) is 19.1. The minimum Gasteiger partial charge on any atom is -0.264 e. The third-order valence-corrected chi connectivity index (χ3v) is 14.4. The molecule has 0 unspecified atom stereocenters. The molecule has 0 aliphatic heterocycles. The quantitative estimate of drug-likeness (QED) is 0.121. The van der Waals surface area contributed by atoms with E-state index in [9.17, 15) is 0 Å². The van der Waals surface area contributed by atoms with Gasteiger partial charge in [-0.3, -0.25) is 19.9 Å². The van der Waals surface area contributed by atoms with Crippen molar-refractivity contribution < 1.29 is 0 Å². The number of hydrogen-bond acceptors (Lipinski definition) is 6. The molecule has 0 spiro atoms. The fraction of sp³-hybridized carbons (Fsp3) is 0. The maximum Gasteiger partial charge on any atom is 0.0894 e. The zero-order valence-corrected chi connectivity index (χ0v) is 42.4. The smallest absolute Gasteiger partial charge is 0.0894 e. The lowest BCUT2D eigenvalue weighted by Crippen LogP contribution is -2.00. The molecule has 0 aliphatic rings. The zero-order chi connectivity index (χ0) is 52.0. The van der Waals surface area contributed by atoms with Crippen molar-refractivity contribution >= 4 is 91.7 Å². The number of aromatic nitrogens is 6. The predicted octanol–water partition coefficient (Wildman–Crippen LogP) is 18.0. The molecule has 5 heterocycles. The molecule has 0 saturated heterocycles. The Hall–Kier alpha value is -10.6. The highest BCUT2D eigenvalue weighted by Crippen LogP contribution is 2.37. The van der Waals surface area contributed by atoms with Gasteiger partial charge in [0.1, 0.15) is 0 Å². The largest absolute Gasteiger partial charge is 0.264 e. The van der Waals surface area contributed by atoms with Crippen molar-refractivity contribution in [2.24, 2.45) is 0 Å². The summed E-state index contributed by atoms with van der Waals surface area (Å²) in [5.74, 6) is 0. The van der Waals surface area contributed by atoms with E-state index in [0.29, 0.717) is 22.8 Å². The van der Waals surface area contributed by atoms with Gasteiger partial charge >= 0.3 is 0 Å². The van der Waals surface area contributed by atoms with Crippen molar-refractivity contribution in [1.82, 2.24) is 29.9 Å². The monoisotopic (exact) mass is 996 g/mol. The average Bonchev–Trinajstić information content (AvgIpc) is 3.52. The van der Waals surface area contributed by atoms with Gasteiger partial charge in [-0.15, -0.1) is 0 Å². The van der Waals surface area contributed by atoms with Crippen LogP contribution >= 0.6 is 0 Å².